The van der Waals surface area contributed by atoms with Crippen molar-refractivity contribution in [3.05, 3.63) is 29.3 Å². The van der Waals surface area contributed by atoms with Crippen LogP contribution in [0.15, 0.2) is 24.3 Å². The highest BCUT2D eigenvalue weighted by Gasteiger charge is 2.52. The third kappa shape index (κ3) is 3.29. The maximum Gasteiger partial charge on any atom is 0.411 e. The van der Waals surface area contributed by atoms with Crippen molar-refractivity contribution in [1.82, 2.24) is 4.90 Å². The van der Waals surface area contributed by atoms with Gasteiger partial charge in [0.05, 0.1) is 0 Å². The topological polar surface area (TPSA) is 58.6 Å². The maximum atomic E-state index is 12.5. The standard InChI is InChI=1S/C20H25ClN2O3/c21-15-5-2-6-16(13-15)22-19(25)26-17-8-10-20-9-3-11-23(20)18(24)7-1-4-14(20)12-17/h2,5-6,13-14,17H,1,3-4,7-12H2,(H,22,25)/t14-,17+,20+/m0/s1. The molecule has 140 valence electrons. The second-order valence-electron chi connectivity index (χ2n) is 7.78. The molecule has 4 rings (SSSR count). The molecule has 0 unspecified atom stereocenters. The van der Waals surface area contributed by atoms with E-state index in [0.717, 1.165) is 51.5 Å². The summed E-state index contributed by atoms with van der Waals surface area (Å²) in [6.07, 6.45) is 6.98. The molecule has 1 aromatic rings. The third-order valence-electron chi connectivity index (χ3n) is 6.32. The Morgan fingerprint density at radius 3 is 3.00 bits per heavy atom. The number of hydrogen-bond acceptors (Lipinski definition) is 3. The number of nitrogens with zero attached hydrogens (tertiary/aromatic N) is 1. The second kappa shape index (κ2) is 7.10. The van der Waals surface area contributed by atoms with Crippen LogP contribution in [0.25, 0.3) is 0 Å². The molecule has 3 fully saturated rings. The molecule has 1 aromatic carbocycles. The Morgan fingerprint density at radius 2 is 2.15 bits per heavy atom. The zero-order valence-corrected chi connectivity index (χ0v) is 15.6. The minimum atomic E-state index is -0.429. The van der Waals surface area contributed by atoms with E-state index in [1.54, 1.807) is 24.3 Å². The summed E-state index contributed by atoms with van der Waals surface area (Å²) < 4.78 is 5.70. The Balaban J connectivity index is 1.40. The van der Waals surface area contributed by atoms with Crippen molar-refractivity contribution in [3.63, 3.8) is 0 Å². The highest BCUT2D eigenvalue weighted by atomic mass is 35.5. The van der Waals surface area contributed by atoms with Crippen LogP contribution in [0.3, 0.4) is 0 Å². The van der Waals surface area contributed by atoms with E-state index in [2.05, 4.69) is 10.2 Å². The molecular formula is C20H25ClN2O3. The summed E-state index contributed by atoms with van der Waals surface area (Å²) >= 11 is 5.95. The van der Waals surface area contributed by atoms with Crippen LogP contribution >= 0.6 is 11.6 Å². The summed E-state index contributed by atoms with van der Waals surface area (Å²) in [5, 5.41) is 3.33. The summed E-state index contributed by atoms with van der Waals surface area (Å²) in [7, 11) is 0. The van der Waals surface area contributed by atoms with Gasteiger partial charge in [0.15, 0.2) is 0 Å². The highest BCUT2D eigenvalue weighted by molar-refractivity contribution is 6.30. The predicted octanol–water partition coefficient (Wildman–Crippen LogP) is 4.60. The number of amides is 2. The average Bonchev–Trinajstić information content (AvgIpc) is 2.97. The number of carbonyl (C=O) groups is 2. The SMILES string of the molecule is O=C(Nc1cccc(Cl)c1)O[C@@H]1CC[C@@]23CCCN2C(=O)CCC[C@H]3C1. The number of halogens is 1. The largest absolute Gasteiger partial charge is 0.446 e. The first kappa shape index (κ1) is 17.7. The van der Waals surface area contributed by atoms with Gasteiger partial charge in [-0.3, -0.25) is 10.1 Å². The molecule has 0 radical (unpaired) electrons. The normalized spacial score (nSPS) is 31.0. The summed E-state index contributed by atoms with van der Waals surface area (Å²) in [4.78, 5) is 26.9. The number of carbonyl (C=O) groups excluding carboxylic acids is 2. The summed E-state index contributed by atoms with van der Waals surface area (Å²) in [5.41, 5.74) is 0.661. The van der Waals surface area contributed by atoms with Gasteiger partial charge < -0.3 is 9.64 Å². The minimum Gasteiger partial charge on any atom is -0.446 e. The van der Waals surface area contributed by atoms with E-state index >= 15 is 0 Å². The van der Waals surface area contributed by atoms with Crippen molar-refractivity contribution >= 4 is 29.3 Å². The van der Waals surface area contributed by atoms with Crippen LogP contribution < -0.4 is 5.32 Å². The number of hydrogen-bond donors (Lipinski definition) is 1. The van der Waals surface area contributed by atoms with E-state index in [1.165, 1.54) is 0 Å². The van der Waals surface area contributed by atoms with Crippen molar-refractivity contribution in [2.75, 3.05) is 11.9 Å². The number of anilines is 1. The lowest BCUT2D eigenvalue weighted by Crippen LogP contribution is -2.54. The first-order valence-corrected chi connectivity index (χ1v) is 9.98. The quantitative estimate of drug-likeness (QED) is 0.820. The first-order chi connectivity index (χ1) is 12.6. The molecule has 3 atom stereocenters. The Morgan fingerprint density at radius 1 is 1.27 bits per heavy atom. The Kier molecular flexibility index (Phi) is 4.82. The summed E-state index contributed by atoms with van der Waals surface area (Å²) in [6, 6.07) is 7.04. The second-order valence-corrected chi connectivity index (χ2v) is 8.22. The van der Waals surface area contributed by atoms with Crippen LogP contribution in [-0.4, -0.2) is 35.1 Å². The number of nitrogens with one attached hydrogen (secondary N) is 1. The monoisotopic (exact) mass is 376 g/mol. The summed E-state index contributed by atoms with van der Waals surface area (Å²) in [5.74, 6) is 0.761. The molecule has 1 spiro atoms. The van der Waals surface area contributed by atoms with Gasteiger partial charge in [0, 0.05) is 29.2 Å². The van der Waals surface area contributed by atoms with Crippen LogP contribution in [0, 0.1) is 5.92 Å². The number of rotatable bonds is 2. The molecule has 1 saturated carbocycles. The molecule has 0 bridgehead atoms. The molecule has 2 aliphatic heterocycles. The minimum absolute atomic E-state index is 0.0247. The van der Waals surface area contributed by atoms with Crippen molar-refractivity contribution < 1.29 is 14.3 Å². The molecular weight excluding hydrogens is 352 g/mol. The van der Waals surface area contributed by atoms with Gasteiger partial charge in [-0.05, 0) is 69.1 Å². The van der Waals surface area contributed by atoms with E-state index in [1.807, 2.05) is 0 Å². The van der Waals surface area contributed by atoms with Crippen LogP contribution in [-0.2, 0) is 9.53 Å². The molecule has 6 heteroatoms. The predicted molar refractivity (Wildman–Crippen MR) is 100 cm³/mol. The van der Waals surface area contributed by atoms with Gasteiger partial charge in [0.1, 0.15) is 6.10 Å². The van der Waals surface area contributed by atoms with Crippen molar-refractivity contribution in [1.29, 1.82) is 0 Å². The molecule has 26 heavy (non-hydrogen) atoms. The fourth-order valence-electron chi connectivity index (χ4n) is 5.22. The number of ether oxygens (including phenoxy) is 1. The Bertz CT molecular complexity index is 710. The molecule has 2 saturated heterocycles. The fraction of sp³-hybridized carbons (Fsp3) is 0.600. The molecule has 1 aliphatic carbocycles. The van der Waals surface area contributed by atoms with E-state index in [0.29, 0.717) is 29.0 Å². The van der Waals surface area contributed by atoms with E-state index in [-0.39, 0.29) is 11.6 Å². The molecule has 3 aliphatic rings. The smallest absolute Gasteiger partial charge is 0.411 e. The molecule has 1 N–H and O–H groups in total. The molecule has 2 heterocycles. The summed E-state index contributed by atoms with van der Waals surface area (Å²) in [6.45, 7) is 0.899. The fourth-order valence-corrected chi connectivity index (χ4v) is 5.41. The van der Waals surface area contributed by atoms with Gasteiger partial charge in [-0.25, -0.2) is 4.79 Å². The Labute approximate surface area is 159 Å². The Hall–Kier alpha value is -1.75. The molecule has 5 nitrogen and oxygen atoms in total. The zero-order chi connectivity index (χ0) is 18.1. The van der Waals surface area contributed by atoms with Gasteiger partial charge in [-0.1, -0.05) is 17.7 Å². The van der Waals surface area contributed by atoms with Crippen LogP contribution in [0.5, 0.6) is 0 Å². The van der Waals surface area contributed by atoms with E-state index in [9.17, 15) is 9.59 Å². The van der Waals surface area contributed by atoms with Crippen LogP contribution in [0.4, 0.5) is 10.5 Å². The zero-order valence-electron chi connectivity index (χ0n) is 14.9. The highest BCUT2D eigenvalue weighted by Crippen LogP contribution is 2.49. The lowest BCUT2D eigenvalue weighted by Gasteiger charge is -2.48. The van der Waals surface area contributed by atoms with Gasteiger partial charge in [-0.2, -0.15) is 0 Å². The van der Waals surface area contributed by atoms with Crippen molar-refractivity contribution in [2.45, 2.75) is 63.0 Å². The lowest BCUT2D eigenvalue weighted by atomic mass is 9.69. The maximum absolute atomic E-state index is 12.5. The first-order valence-electron chi connectivity index (χ1n) is 9.60. The van der Waals surface area contributed by atoms with Gasteiger partial charge in [-0.15, -0.1) is 0 Å². The van der Waals surface area contributed by atoms with E-state index < -0.39 is 6.09 Å². The van der Waals surface area contributed by atoms with Crippen LogP contribution in [0.1, 0.15) is 51.4 Å². The molecule has 2 amide bonds. The molecule has 0 aromatic heterocycles. The third-order valence-corrected chi connectivity index (χ3v) is 6.56. The number of benzene rings is 1. The van der Waals surface area contributed by atoms with Gasteiger partial charge in [0.25, 0.3) is 0 Å². The van der Waals surface area contributed by atoms with Crippen molar-refractivity contribution in [2.24, 2.45) is 5.92 Å². The van der Waals surface area contributed by atoms with Gasteiger partial charge in [0.2, 0.25) is 5.91 Å². The van der Waals surface area contributed by atoms with E-state index in [4.69, 9.17) is 16.3 Å². The van der Waals surface area contributed by atoms with Gasteiger partial charge >= 0.3 is 6.09 Å². The van der Waals surface area contributed by atoms with Crippen LogP contribution in [0.2, 0.25) is 5.02 Å². The van der Waals surface area contributed by atoms with Crippen molar-refractivity contribution in [3.8, 4) is 0 Å². The average molecular weight is 377 g/mol. The lowest BCUT2D eigenvalue weighted by molar-refractivity contribution is -0.138.